The van der Waals surface area contributed by atoms with Gasteiger partial charge in [0, 0.05) is 15.8 Å². The van der Waals surface area contributed by atoms with E-state index in [2.05, 4.69) is 29.4 Å². The van der Waals surface area contributed by atoms with Crippen molar-refractivity contribution in [1.82, 2.24) is 10.2 Å². The van der Waals surface area contributed by atoms with Crippen LogP contribution in [0.15, 0.2) is 5.38 Å². The van der Waals surface area contributed by atoms with Crippen LogP contribution in [0.25, 0.3) is 10.6 Å². The topological polar surface area (TPSA) is 25.8 Å². The van der Waals surface area contributed by atoms with Gasteiger partial charge < -0.3 is 0 Å². The van der Waals surface area contributed by atoms with Crippen LogP contribution in [0, 0.1) is 13.8 Å². The average molecular weight is 231 g/mol. The first-order chi connectivity index (χ1) is 6.18. The van der Waals surface area contributed by atoms with E-state index in [0.717, 1.165) is 10.6 Å². The van der Waals surface area contributed by atoms with Gasteiger partial charge in [-0.15, -0.1) is 21.5 Å². The summed E-state index contributed by atoms with van der Waals surface area (Å²) < 4.78 is 0.498. The normalized spacial score (nSPS) is 10.7. The molecule has 0 fully saturated rings. The summed E-state index contributed by atoms with van der Waals surface area (Å²) in [5, 5.41) is 10.8. The van der Waals surface area contributed by atoms with Crippen LogP contribution in [0.3, 0.4) is 0 Å². The van der Waals surface area contributed by atoms with Gasteiger partial charge in [0.2, 0.25) is 4.47 Å². The molecule has 0 aliphatic carbocycles. The first kappa shape index (κ1) is 9.12. The van der Waals surface area contributed by atoms with Crippen LogP contribution in [0.1, 0.15) is 10.4 Å². The summed E-state index contributed by atoms with van der Waals surface area (Å²) in [6.07, 6.45) is 0. The lowest BCUT2D eigenvalue weighted by Crippen LogP contribution is -1.77. The van der Waals surface area contributed by atoms with E-state index in [1.165, 1.54) is 21.8 Å². The molecule has 2 rings (SSSR count). The Kier molecular flexibility index (Phi) is 2.36. The number of aromatic nitrogens is 2. The highest BCUT2D eigenvalue weighted by Crippen LogP contribution is 2.33. The second-order valence-electron chi connectivity index (χ2n) is 2.69. The summed E-state index contributed by atoms with van der Waals surface area (Å²) in [5.74, 6) is 0. The molecule has 2 aromatic heterocycles. The Hall–Kier alpha value is -0.450. The molecule has 0 amide bonds. The summed E-state index contributed by atoms with van der Waals surface area (Å²) in [6.45, 7) is 4.20. The fraction of sp³-hybridized carbons (Fsp3) is 0.250. The molecule has 0 aromatic carbocycles. The summed E-state index contributed by atoms with van der Waals surface area (Å²) in [7, 11) is 0. The van der Waals surface area contributed by atoms with Gasteiger partial charge in [-0.3, -0.25) is 0 Å². The van der Waals surface area contributed by atoms with Gasteiger partial charge in [0.25, 0.3) is 0 Å². The Labute approximate surface area is 89.2 Å². The van der Waals surface area contributed by atoms with Gasteiger partial charge in [0.05, 0.1) is 0 Å². The van der Waals surface area contributed by atoms with Crippen LogP contribution in [0.2, 0.25) is 4.47 Å². The largest absolute Gasteiger partial charge is 0.207 e. The number of hydrogen-bond acceptors (Lipinski definition) is 4. The smallest absolute Gasteiger partial charge is 0.148 e. The van der Waals surface area contributed by atoms with E-state index >= 15 is 0 Å². The third-order valence-corrected chi connectivity index (χ3v) is 3.98. The second-order valence-corrected chi connectivity index (χ2v) is 5.33. The fourth-order valence-electron chi connectivity index (χ4n) is 1.04. The molecule has 0 atom stereocenters. The van der Waals surface area contributed by atoms with Crippen LogP contribution >= 0.6 is 34.3 Å². The van der Waals surface area contributed by atoms with Gasteiger partial charge in [0.1, 0.15) is 5.01 Å². The maximum Gasteiger partial charge on any atom is 0.207 e. The van der Waals surface area contributed by atoms with E-state index in [0.29, 0.717) is 4.47 Å². The molecule has 0 bridgehead atoms. The molecule has 2 heterocycles. The number of nitrogens with zero attached hydrogens (tertiary/aromatic N) is 2. The summed E-state index contributed by atoms with van der Waals surface area (Å²) in [6, 6.07) is 0. The lowest BCUT2D eigenvalue weighted by atomic mass is 10.2. The summed E-state index contributed by atoms with van der Waals surface area (Å²) >= 11 is 8.87. The molecule has 0 aliphatic rings. The molecular formula is C8H7ClN2S2. The van der Waals surface area contributed by atoms with Crippen molar-refractivity contribution in [2.24, 2.45) is 0 Å². The maximum atomic E-state index is 5.72. The molecule has 0 unspecified atom stereocenters. The molecule has 68 valence electrons. The van der Waals surface area contributed by atoms with E-state index in [9.17, 15) is 0 Å². The van der Waals surface area contributed by atoms with Crippen molar-refractivity contribution in [2.45, 2.75) is 13.8 Å². The number of rotatable bonds is 1. The zero-order valence-corrected chi connectivity index (χ0v) is 9.56. The van der Waals surface area contributed by atoms with Crippen molar-refractivity contribution >= 4 is 34.3 Å². The Balaban J connectivity index is 2.52. The molecule has 0 spiro atoms. The molecule has 2 nitrogen and oxygen atoms in total. The lowest BCUT2D eigenvalue weighted by molar-refractivity contribution is 1.09. The first-order valence-corrected chi connectivity index (χ1v) is 5.80. The Morgan fingerprint density at radius 1 is 1.31 bits per heavy atom. The number of halogens is 1. The number of thiophene rings is 1. The van der Waals surface area contributed by atoms with Gasteiger partial charge >= 0.3 is 0 Å². The van der Waals surface area contributed by atoms with Crippen LogP contribution in [-0.4, -0.2) is 10.2 Å². The van der Waals surface area contributed by atoms with Crippen LogP contribution in [0.5, 0.6) is 0 Å². The van der Waals surface area contributed by atoms with Gasteiger partial charge in [-0.05, 0) is 31.0 Å². The van der Waals surface area contributed by atoms with Crippen molar-refractivity contribution in [3.8, 4) is 10.6 Å². The van der Waals surface area contributed by atoms with Crippen molar-refractivity contribution < 1.29 is 0 Å². The number of hydrogen-bond donors (Lipinski definition) is 0. The third-order valence-electron chi connectivity index (χ3n) is 1.92. The molecule has 5 heteroatoms. The van der Waals surface area contributed by atoms with E-state index in [1.807, 2.05) is 0 Å². The standard InChI is InChI=1S/C8H7ClN2S2/c1-4-5(2)12-3-6(4)7-10-11-8(9)13-7/h3H,1-2H3. The fourth-order valence-corrected chi connectivity index (χ4v) is 2.88. The lowest BCUT2D eigenvalue weighted by Gasteiger charge is -1.92. The van der Waals surface area contributed by atoms with Gasteiger partial charge in [-0.2, -0.15) is 0 Å². The highest BCUT2D eigenvalue weighted by atomic mass is 35.5. The predicted molar refractivity (Wildman–Crippen MR) is 57.7 cm³/mol. The second kappa shape index (κ2) is 3.36. The average Bonchev–Trinajstić information content (AvgIpc) is 2.62. The van der Waals surface area contributed by atoms with E-state index in [4.69, 9.17) is 11.6 Å². The monoisotopic (exact) mass is 230 g/mol. The van der Waals surface area contributed by atoms with E-state index < -0.39 is 0 Å². The molecule has 2 aromatic rings. The minimum absolute atomic E-state index is 0.498. The number of aryl methyl sites for hydroxylation is 1. The van der Waals surface area contributed by atoms with Crippen molar-refractivity contribution in [1.29, 1.82) is 0 Å². The van der Waals surface area contributed by atoms with Gasteiger partial charge in [-0.1, -0.05) is 11.3 Å². The Bertz CT molecular complexity index is 433. The van der Waals surface area contributed by atoms with E-state index in [1.54, 1.807) is 11.3 Å². The maximum absolute atomic E-state index is 5.72. The minimum Gasteiger partial charge on any atom is -0.148 e. The molecule has 0 radical (unpaired) electrons. The van der Waals surface area contributed by atoms with Gasteiger partial charge in [0.15, 0.2) is 0 Å². The predicted octanol–water partition coefficient (Wildman–Crippen LogP) is 3.54. The molecule has 0 saturated carbocycles. The summed E-state index contributed by atoms with van der Waals surface area (Å²) in [4.78, 5) is 1.32. The highest BCUT2D eigenvalue weighted by molar-refractivity contribution is 7.19. The first-order valence-electron chi connectivity index (χ1n) is 3.72. The molecule has 13 heavy (non-hydrogen) atoms. The van der Waals surface area contributed by atoms with E-state index in [-0.39, 0.29) is 0 Å². The quantitative estimate of drug-likeness (QED) is 0.749. The third kappa shape index (κ3) is 1.61. The van der Waals surface area contributed by atoms with Crippen molar-refractivity contribution in [3.05, 3.63) is 20.3 Å². The summed E-state index contributed by atoms with van der Waals surface area (Å²) in [5.41, 5.74) is 2.43. The van der Waals surface area contributed by atoms with Crippen LogP contribution in [0.4, 0.5) is 0 Å². The highest BCUT2D eigenvalue weighted by Gasteiger charge is 2.10. The Morgan fingerprint density at radius 2 is 2.08 bits per heavy atom. The minimum atomic E-state index is 0.498. The zero-order valence-electron chi connectivity index (χ0n) is 7.17. The van der Waals surface area contributed by atoms with Crippen molar-refractivity contribution in [2.75, 3.05) is 0 Å². The zero-order chi connectivity index (χ0) is 9.42. The molecular weight excluding hydrogens is 224 g/mol. The SMILES string of the molecule is Cc1scc(-c2nnc(Cl)s2)c1C. The van der Waals surface area contributed by atoms with Crippen LogP contribution < -0.4 is 0 Å². The molecule has 0 aliphatic heterocycles. The van der Waals surface area contributed by atoms with Gasteiger partial charge in [-0.25, -0.2) is 0 Å². The van der Waals surface area contributed by atoms with Crippen molar-refractivity contribution in [3.63, 3.8) is 0 Å². The molecule has 0 saturated heterocycles. The molecule has 0 N–H and O–H groups in total. The Morgan fingerprint density at radius 3 is 2.54 bits per heavy atom. The van der Waals surface area contributed by atoms with Crippen LogP contribution in [-0.2, 0) is 0 Å².